The van der Waals surface area contributed by atoms with E-state index in [1.54, 1.807) is 4.90 Å². The fourth-order valence-corrected chi connectivity index (χ4v) is 4.44. The Kier molecular flexibility index (Phi) is 7.23. The SMILES string of the molecule is CC(C)CN(CC(=O)Nc1nc(-c2ccccc2)cn1-c1ccccc1)C(=O)C1CCCC1. The summed E-state index contributed by atoms with van der Waals surface area (Å²) in [5, 5.41) is 2.97. The van der Waals surface area contributed by atoms with Crippen molar-refractivity contribution in [3.05, 3.63) is 66.9 Å². The number of benzene rings is 2. The van der Waals surface area contributed by atoms with Gasteiger partial charge in [-0.1, -0.05) is 75.2 Å². The summed E-state index contributed by atoms with van der Waals surface area (Å²) in [5.74, 6) is 0.659. The largest absolute Gasteiger partial charge is 0.333 e. The van der Waals surface area contributed by atoms with Crippen LogP contribution in [0.25, 0.3) is 16.9 Å². The fraction of sp³-hybridized carbons (Fsp3) is 0.370. The molecule has 1 aromatic heterocycles. The average molecular weight is 445 g/mol. The maximum Gasteiger partial charge on any atom is 0.246 e. The molecule has 1 aliphatic carbocycles. The lowest BCUT2D eigenvalue weighted by Gasteiger charge is -2.26. The molecule has 2 aromatic carbocycles. The number of imidazole rings is 1. The Labute approximate surface area is 195 Å². The zero-order chi connectivity index (χ0) is 23.2. The van der Waals surface area contributed by atoms with E-state index in [9.17, 15) is 9.59 Å². The van der Waals surface area contributed by atoms with Gasteiger partial charge in [0.1, 0.15) is 0 Å². The third kappa shape index (κ3) is 5.69. The standard InChI is InChI=1S/C27H32N4O2/c1-20(2)17-30(26(33)22-13-9-10-14-22)19-25(32)29-27-28-24(21-11-5-3-6-12-21)18-31(27)23-15-7-4-8-16-23/h3-8,11-12,15-16,18,20,22H,9-10,13-14,17,19H2,1-2H3,(H,28,29,32). The first kappa shape index (κ1) is 22.8. The van der Waals surface area contributed by atoms with Crippen LogP contribution in [0.4, 0.5) is 5.95 Å². The van der Waals surface area contributed by atoms with E-state index in [0.29, 0.717) is 18.4 Å². The monoisotopic (exact) mass is 444 g/mol. The molecule has 6 heteroatoms. The predicted octanol–water partition coefficient (Wildman–Crippen LogP) is 5.15. The molecule has 1 heterocycles. The topological polar surface area (TPSA) is 67.2 Å². The van der Waals surface area contributed by atoms with Crippen molar-refractivity contribution >= 4 is 17.8 Å². The van der Waals surface area contributed by atoms with E-state index in [1.165, 1.54) is 0 Å². The molecule has 4 rings (SSSR count). The Morgan fingerprint density at radius 3 is 2.30 bits per heavy atom. The van der Waals surface area contributed by atoms with Crippen LogP contribution in [0.1, 0.15) is 39.5 Å². The number of carbonyl (C=O) groups excluding carboxylic acids is 2. The van der Waals surface area contributed by atoms with Gasteiger partial charge in [-0.15, -0.1) is 0 Å². The maximum absolute atomic E-state index is 13.1. The van der Waals surface area contributed by atoms with Crippen LogP contribution in [0.5, 0.6) is 0 Å². The van der Waals surface area contributed by atoms with Crippen molar-refractivity contribution < 1.29 is 9.59 Å². The Balaban J connectivity index is 1.56. The number of amides is 2. The number of anilines is 1. The quantitative estimate of drug-likeness (QED) is 0.522. The lowest BCUT2D eigenvalue weighted by atomic mass is 10.1. The molecule has 0 unspecified atom stereocenters. The van der Waals surface area contributed by atoms with Crippen molar-refractivity contribution in [2.45, 2.75) is 39.5 Å². The molecule has 0 bridgehead atoms. The summed E-state index contributed by atoms with van der Waals surface area (Å²) in [6, 6.07) is 19.7. The number of hydrogen-bond acceptors (Lipinski definition) is 3. The van der Waals surface area contributed by atoms with Crippen molar-refractivity contribution in [1.82, 2.24) is 14.5 Å². The summed E-state index contributed by atoms with van der Waals surface area (Å²) in [6.07, 6.45) is 5.96. The van der Waals surface area contributed by atoms with Crippen molar-refractivity contribution in [3.63, 3.8) is 0 Å². The highest BCUT2D eigenvalue weighted by molar-refractivity contribution is 5.94. The van der Waals surface area contributed by atoms with Crippen LogP contribution in [-0.2, 0) is 9.59 Å². The van der Waals surface area contributed by atoms with Crippen molar-refractivity contribution in [1.29, 1.82) is 0 Å². The van der Waals surface area contributed by atoms with Gasteiger partial charge in [0, 0.05) is 29.9 Å². The van der Waals surface area contributed by atoms with Crippen molar-refractivity contribution in [2.75, 3.05) is 18.4 Å². The second-order valence-corrected chi connectivity index (χ2v) is 9.16. The van der Waals surface area contributed by atoms with Gasteiger partial charge in [-0.05, 0) is 30.9 Å². The highest BCUT2D eigenvalue weighted by Gasteiger charge is 2.29. The van der Waals surface area contributed by atoms with E-state index in [1.807, 2.05) is 71.4 Å². The number of nitrogens with one attached hydrogen (secondary N) is 1. The molecule has 1 saturated carbocycles. The molecule has 3 aromatic rings. The molecule has 0 radical (unpaired) electrons. The Morgan fingerprint density at radius 1 is 1.03 bits per heavy atom. The summed E-state index contributed by atoms with van der Waals surface area (Å²) in [7, 11) is 0. The number of rotatable bonds is 8. The summed E-state index contributed by atoms with van der Waals surface area (Å²) in [4.78, 5) is 32.6. The third-order valence-corrected chi connectivity index (χ3v) is 6.00. The van der Waals surface area contributed by atoms with Crippen molar-refractivity contribution in [3.8, 4) is 16.9 Å². The lowest BCUT2D eigenvalue weighted by molar-refractivity contribution is -0.138. The first-order chi connectivity index (χ1) is 16.0. The van der Waals surface area contributed by atoms with Crippen LogP contribution in [-0.4, -0.2) is 39.4 Å². The number of nitrogens with zero attached hydrogens (tertiary/aromatic N) is 3. The number of aromatic nitrogens is 2. The summed E-state index contributed by atoms with van der Waals surface area (Å²) in [5.41, 5.74) is 2.65. The summed E-state index contributed by atoms with van der Waals surface area (Å²) < 4.78 is 1.88. The Morgan fingerprint density at radius 2 is 1.67 bits per heavy atom. The summed E-state index contributed by atoms with van der Waals surface area (Å²) >= 11 is 0. The molecule has 0 aliphatic heterocycles. The van der Waals surface area contributed by atoms with Gasteiger partial charge >= 0.3 is 0 Å². The molecule has 0 atom stereocenters. The van der Waals surface area contributed by atoms with Gasteiger partial charge in [0.2, 0.25) is 17.8 Å². The van der Waals surface area contributed by atoms with Gasteiger partial charge in [0.15, 0.2) is 0 Å². The number of para-hydroxylation sites is 1. The van der Waals surface area contributed by atoms with Gasteiger partial charge in [0.05, 0.1) is 12.2 Å². The molecular weight excluding hydrogens is 412 g/mol. The molecule has 0 spiro atoms. The smallest absolute Gasteiger partial charge is 0.246 e. The molecule has 1 aliphatic rings. The minimum atomic E-state index is -0.232. The van der Waals surface area contributed by atoms with Gasteiger partial charge in [-0.25, -0.2) is 4.98 Å². The van der Waals surface area contributed by atoms with Crippen LogP contribution < -0.4 is 5.32 Å². The van der Waals surface area contributed by atoms with Crippen LogP contribution in [0, 0.1) is 11.8 Å². The Bertz CT molecular complexity index is 1070. The minimum Gasteiger partial charge on any atom is -0.333 e. The van der Waals surface area contributed by atoms with Gasteiger partial charge in [-0.3, -0.25) is 19.5 Å². The van der Waals surface area contributed by atoms with E-state index < -0.39 is 0 Å². The zero-order valence-corrected chi connectivity index (χ0v) is 19.4. The van der Waals surface area contributed by atoms with Crippen LogP contribution >= 0.6 is 0 Å². The van der Waals surface area contributed by atoms with E-state index in [-0.39, 0.29) is 24.3 Å². The first-order valence-corrected chi connectivity index (χ1v) is 11.8. The van der Waals surface area contributed by atoms with E-state index >= 15 is 0 Å². The highest BCUT2D eigenvalue weighted by atomic mass is 16.2. The molecule has 0 saturated heterocycles. The molecule has 1 fully saturated rings. The average Bonchev–Trinajstić information content (AvgIpc) is 3.50. The van der Waals surface area contributed by atoms with Crippen molar-refractivity contribution in [2.24, 2.45) is 11.8 Å². The zero-order valence-electron chi connectivity index (χ0n) is 19.4. The Hall–Kier alpha value is -3.41. The molecule has 33 heavy (non-hydrogen) atoms. The number of hydrogen-bond donors (Lipinski definition) is 1. The van der Waals surface area contributed by atoms with E-state index in [0.717, 1.165) is 42.6 Å². The normalized spacial score (nSPS) is 13.9. The van der Waals surface area contributed by atoms with Gasteiger partial charge in [-0.2, -0.15) is 0 Å². The highest BCUT2D eigenvalue weighted by Crippen LogP contribution is 2.27. The molecular formula is C27H32N4O2. The van der Waals surface area contributed by atoms with Crippen LogP contribution in [0.2, 0.25) is 0 Å². The minimum absolute atomic E-state index is 0.0375. The molecule has 1 N–H and O–H groups in total. The molecule has 6 nitrogen and oxygen atoms in total. The number of carbonyl (C=O) groups is 2. The first-order valence-electron chi connectivity index (χ1n) is 11.8. The molecule has 172 valence electrons. The van der Waals surface area contributed by atoms with Gasteiger partial charge < -0.3 is 4.90 Å². The second-order valence-electron chi connectivity index (χ2n) is 9.16. The lowest BCUT2D eigenvalue weighted by Crippen LogP contribution is -2.43. The molecule has 2 amide bonds. The maximum atomic E-state index is 13.1. The van der Waals surface area contributed by atoms with Crippen LogP contribution in [0.15, 0.2) is 66.9 Å². The van der Waals surface area contributed by atoms with E-state index in [4.69, 9.17) is 4.98 Å². The second kappa shape index (κ2) is 10.5. The summed E-state index contributed by atoms with van der Waals surface area (Å²) in [6.45, 7) is 4.75. The van der Waals surface area contributed by atoms with Crippen LogP contribution in [0.3, 0.4) is 0 Å². The van der Waals surface area contributed by atoms with E-state index in [2.05, 4.69) is 19.2 Å². The van der Waals surface area contributed by atoms with Gasteiger partial charge in [0.25, 0.3) is 0 Å². The predicted molar refractivity (Wildman–Crippen MR) is 131 cm³/mol. The third-order valence-electron chi connectivity index (χ3n) is 6.00. The fourth-order valence-electron chi connectivity index (χ4n) is 4.44.